The van der Waals surface area contributed by atoms with Gasteiger partial charge in [0, 0.05) is 23.4 Å². The molecule has 0 fully saturated rings. The van der Waals surface area contributed by atoms with Crippen LogP contribution in [-0.4, -0.2) is 38.9 Å². The molecule has 2 aromatic heterocycles. The molecule has 0 bridgehead atoms. The second-order valence-corrected chi connectivity index (χ2v) is 8.97. The molecule has 4 rings (SSSR count). The average molecular weight is 543 g/mol. The molecule has 1 aliphatic heterocycles. The third kappa shape index (κ3) is 5.61. The number of nitrogens with zero attached hydrogens (tertiary/aromatic N) is 4. The van der Waals surface area contributed by atoms with Crippen LogP contribution in [0.2, 0.25) is 0 Å². The maximum Gasteiger partial charge on any atom is 0.493 e. The number of carbonyl (C=O) groups excluding carboxylic acids is 2. The number of carbonyl (C=O) groups is 2. The molecule has 0 aliphatic carbocycles. The van der Waals surface area contributed by atoms with Gasteiger partial charge in [-0.15, -0.1) is 16.4 Å². The quantitative estimate of drug-likeness (QED) is 0.458. The summed E-state index contributed by atoms with van der Waals surface area (Å²) in [5.41, 5.74) is 6.29. The lowest BCUT2D eigenvalue weighted by atomic mass is 9.98. The lowest BCUT2D eigenvalue weighted by Crippen LogP contribution is -2.41. The molecule has 0 radical (unpaired) electrons. The van der Waals surface area contributed by atoms with Crippen molar-refractivity contribution in [3.05, 3.63) is 68.6 Å². The van der Waals surface area contributed by atoms with Gasteiger partial charge < -0.3 is 10.6 Å². The Hall–Kier alpha value is -3.85. The Morgan fingerprint density at radius 2 is 1.89 bits per heavy atom. The molecule has 9 nitrogen and oxygen atoms in total. The van der Waals surface area contributed by atoms with Crippen molar-refractivity contribution in [2.45, 2.75) is 32.1 Å². The van der Waals surface area contributed by atoms with Gasteiger partial charge in [-0.25, -0.2) is 14.3 Å². The van der Waals surface area contributed by atoms with Gasteiger partial charge in [-0.2, -0.15) is 27.1 Å². The Balaban J connectivity index is 1.52. The summed E-state index contributed by atoms with van der Waals surface area (Å²) in [5.74, 6) is -3.27. The third-order valence-electron chi connectivity index (χ3n) is 5.50. The van der Waals surface area contributed by atoms with E-state index in [1.165, 1.54) is 28.3 Å². The van der Waals surface area contributed by atoms with Crippen LogP contribution in [0.1, 0.15) is 16.9 Å². The monoisotopic (exact) mass is 543 g/mol. The molecule has 1 aliphatic rings. The van der Waals surface area contributed by atoms with E-state index in [1.807, 2.05) is 0 Å². The Morgan fingerprint density at radius 3 is 2.57 bits per heavy atom. The maximum absolute atomic E-state index is 12.8. The van der Waals surface area contributed by atoms with Crippen LogP contribution < -0.4 is 16.5 Å². The van der Waals surface area contributed by atoms with Gasteiger partial charge in [0.05, 0.1) is 18.8 Å². The summed E-state index contributed by atoms with van der Waals surface area (Å²) >= 11 is 1.32. The van der Waals surface area contributed by atoms with Crippen LogP contribution in [0.4, 0.5) is 27.6 Å². The summed E-state index contributed by atoms with van der Waals surface area (Å²) in [6.07, 6.45) is -5.87. The number of alkyl halides is 3. The van der Waals surface area contributed by atoms with Gasteiger partial charge in [-0.05, 0) is 46.7 Å². The number of aromatic nitrogens is 3. The van der Waals surface area contributed by atoms with Crippen LogP contribution in [0.25, 0.3) is 11.1 Å². The molecule has 2 N–H and O–H groups in total. The van der Waals surface area contributed by atoms with Gasteiger partial charge >= 0.3 is 17.8 Å². The fourth-order valence-electron chi connectivity index (χ4n) is 3.63. The van der Waals surface area contributed by atoms with Crippen LogP contribution in [-0.2, 0) is 33.9 Å². The number of hydrogen-bond acceptors (Lipinski definition) is 7. The van der Waals surface area contributed by atoms with Gasteiger partial charge in [0.15, 0.2) is 0 Å². The molecule has 0 atom stereocenters. The minimum absolute atomic E-state index is 0.0441. The SMILES string of the molecule is NCC(Cn1ncn(Cc2cc(-c3ccc4c(c3)CCC(=O)N4OC(=O)C(F)(F)F)cs2)c1=O)=C(F)F. The van der Waals surface area contributed by atoms with E-state index in [4.69, 9.17) is 5.73 Å². The normalized spacial score (nSPS) is 13.5. The topological polar surface area (TPSA) is 112 Å². The van der Waals surface area contributed by atoms with Crippen molar-refractivity contribution >= 4 is 28.9 Å². The third-order valence-corrected chi connectivity index (χ3v) is 6.42. The van der Waals surface area contributed by atoms with Crippen molar-refractivity contribution in [2.75, 3.05) is 11.6 Å². The molecule has 3 aromatic rings. The molecular weight excluding hydrogens is 525 g/mol. The molecular formula is C22H18F5N5O4S. The smallest absolute Gasteiger partial charge is 0.327 e. The number of halogens is 5. The maximum atomic E-state index is 12.8. The largest absolute Gasteiger partial charge is 0.493 e. The van der Waals surface area contributed by atoms with Gasteiger partial charge in [0.25, 0.3) is 12.0 Å². The molecule has 196 valence electrons. The highest BCUT2D eigenvalue weighted by atomic mass is 32.1. The van der Waals surface area contributed by atoms with E-state index < -0.39 is 48.5 Å². The first-order valence-electron chi connectivity index (χ1n) is 10.7. The molecule has 0 saturated carbocycles. The van der Waals surface area contributed by atoms with Crippen LogP contribution in [0.5, 0.6) is 0 Å². The van der Waals surface area contributed by atoms with Gasteiger partial charge in [0.1, 0.15) is 6.33 Å². The summed E-state index contributed by atoms with van der Waals surface area (Å²) in [4.78, 5) is 40.9. The second-order valence-electron chi connectivity index (χ2n) is 7.98. The Morgan fingerprint density at radius 1 is 1.14 bits per heavy atom. The number of rotatable bonds is 7. The number of thiophene rings is 1. The summed E-state index contributed by atoms with van der Waals surface area (Å²) in [6, 6.07) is 6.42. The van der Waals surface area contributed by atoms with Crippen LogP contribution in [0.15, 0.2) is 52.4 Å². The van der Waals surface area contributed by atoms with Crippen LogP contribution in [0.3, 0.4) is 0 Å². The predicted molar refractivity (Wildman–Crippen MR) is 122 cm³/mol. The minimum atomic E-state index is -5.25. The number of amides is 1. The summed E-state index contributed by atoms with van der Waals surface area (Å²) in [7, 11) is 0. The molecule has 0 unspecified atom stereocenters. The second kappa shape index (κ2) is 10.3. The number of anilines is 1. The van der Waals surface area contributed by atoms with Gasteiger partial charge in [-0.1, -0.05) is 6.07 Å². The number of aryl methyl sites for hydroxylation is 1. The number of hydroxylamine groups is 1. The first-order valence-corrected chi connectivity index (χ1v) is 11.5. The highest BCUT2D eigenvalue weighted by Gasteiger charge is 2.44. The van der Waals surface area contributed by atoms with Crippen molar-refractivity contribution < 1.29 is 36.4 Å². The molecule has 1 amide bonds. The Kier molecular flexibility index (Phi) is 7.27. The number of fused-ring (bicyclic) bond motifs is 1. The number of nitrogens with two attached hydrogens (primary N) is 1. The first kappa shape index (κ1) is 26.2. The van der Waals surface area contributed by atoms with E-state index in [1.54, 1.807) is 23.6 Å². The average Bonchev–Trinajstić information content (AvgIpc) is 3.45. The van der Waals surface area contributed by atoms with Crippen LogP contribution in [0, 0.1) is 0 Å². The van der Waals surface area contributed by atoms with E-state index >= 15 is 0 Å². The fourth-order valence-corrected chi connectivity index (χ4v) is 4.52. The van der Waals surface area contributed by atoms with Crippen molar-refractivity contribution in [1.29, 1.82) is 0 Å². The summed E-state index contributed by atoms with van der Waals surface area (Å²) < 4.78 is 65.7. The first-order chi connectivity index (χ1) is 17.5. The van der Waals surface area contributed by atoms with Crippen LogP contribution >= 0.6 is 11.3 Å². The van der Waals surface area contributed by atoms with E-state index in [0.29, 0.717) is 16.2 Å². The summed E-state index contributed by atoms with van der Waals surface area (Å²) in [5, 5.41) is 6.02. The fraction of sp³-hybridized carbons (Fsp3) is 0.273. The van der Waals surface area contributed by atoms with E-state index in [9.17, 15) is 36.3 Å². The molecule has 15 heteroatoms. The van der Waals surface area contributed by atoms with Crippen molar-refractivity contribution in [3.8, 4) is 11.1 Å². The zero-order valence-electron chi connectivity index (χ0n) is 18.8. The summed E-state index contributed by atoms with van der Waals surface area (Å²) in [6.45, 7) is -0.704. The van der Waals surface area contributed by atoms with E-state index in [-0.39, 0.29) is 25.1 Å². The zero-order chi connectivity index (χ0) is 26.9. The molecule has 0 spiro atoms. The predicted octanol–water partition coefficient (Wildman–Crippen LogP) is 3.23. The Bertz CT molecular complexity index is 1440. The minimum Gasteiger partial charge on any atom is -0.327 e. The van der Waals surface area contributed by atoms with Crippen molar-refractivity contribution in [2.24, 2.45) is 5.73 Å². The van der Waals surface area contributed by atoms with E-state index in [0.717, 1.165) is 15.1 Å². The molecule has 1 aromatic carbocycles. The van der Waals surface area contributed by atoms with Gasteiger partial charge in [0.2, 0.25) is 0 Å². The van der Waals surface area contributed by atoms with E-state index in [2.05, 4.69) is 9.94 Å². The lowest BCUT2D eigenvalue weighted by Gasteiger charge is -2.28. The highest BCUT2D eigenvalue weighted by molar-refractivity contribution is 7.10. The van der Waals surface area contributed by atoms with Crippen molar-refractivity contribution in [3.63, 3.8) is 0 Å². The van der Waals surface area contributed by atoms with Crippen molar-refractivity contribution in [1.82, 2.24) is 14.3 Å². The molecule has 37 heavy (non-hydrogen) atoms. The molecule has 3 heterocycles. The lowest BCUT2D eigenvalue weighted by molar-refractivity contribution is -0.201. The standard InChI is InChI=1S/C22H18F5N5O4S/c23-19(24)15(7-28)8-31-21(35)30(11-29-31)9-16-6-14(10-37-16)12-1-3-17-13(5-12)2-4-18(33)32(17)36-20(34)22(25,26)27/h1,3,5-6,10-11H,2,4,7-9,28H2. The molecule has 0 saturated heterocycles. The number of benzene rings is 1. The Labute approximate surface area is 209 Å². The van der Waals surface area contributed by atoms with Gasteiger partial charge in [-0.3, -0.25) is 9.36 Å². The highest BCUT2D eigenvalue weighted by Crippen LogP contribution is 2.34. The number of hydrogen-bond donors (Lipinski definition) is 1. The zero-order valence-corrected chi connectivity index (χ0v) is 19.6.